The molecule has 8 heteroatoms. The number of carboxylic acids is 1. The van der Waals surface area contributed by atoms with Crippen LogP contribution in [-0.4, -0.2) is 27.2 Å². The van der Waals surface area contributed by atoms with Gasteiger partial charge >= 0.3 is 12.1 Å². The average Bonchev–Trinajstić information content (AvgIpc) is 2.27. The second-order valence-electron chi connectivity index (χ2n) is 3.59. The first-order chi connectivity index (χ1) is 8.70. The molecule has 1 aromatic heterocycles. The highest BCUT2D eigenvalue weighted by molar-refractivity contribution is 5.75. The largest absolute Gasteiger partial charge is 0.490 e. The van der Waals surface area contributed by atoms with Crippen molar-refractivity contribution in [3.05, 3.63) is 30.0 Å². The molecule has 1 aromatic carbocycles. The van der Waals surface area contributed by atoms with E-state index in [0.717, 1.165) is 11.0 Å². The summed E-state index contributed by atoms with van der Waals surface area (Å²) in [5.74, 6) is -2.29. The van der Waals surface area contributed by atoms with Crippen molar-refractivity contribution < 1.29 is 23.1 Å². The summed E-state index contributed by atoms with van der Waals surface area (Å²) in [5, 5.41) is 7.12. The average molecular weight is 273 g/mol. The summed E-state index contributed by atoms with van der Waals surface area (Å²) in [6.07, 6.45) is -3.52. The minimum Gasteiger partial charge on any atom is -0.475 e. The number of rotatable bonds is 0. The van der Waals surface area contributed by atoms with Gasteiger partial charge in [0.2, 0.25) is 0 Å². The Bertz CT molecular complexity index is 562. The van der Waals surface area contributed by atoms with E-state index >= 15 is 0 Å². The molecule has 0 fully saturated rings. The van der Waals surface area contributed by atoms with Gasteiger partial charge in [-0.1, -0.05) is 6.07 Å². The zero-order chi connectivity index (χ0) is 14.6. The van der Waals surface area contributed by atoms with Crippen molar-refractivity contribution in [1.82, 2.24) is 9.97 Å². The molecule has 2 aromatic rings. The SMILES string of the molecule is Cc1ccc2ncc(N)nc2c1.O=C(O)C(F)(F)F. The maximum atomic E-state index is 10.6. The normalized spacial score (nSPS) is 10.7. The van der Waals surface area contributed by atoms with Crippen LogP contribution in [0.15, 0.2) is 24.4 Å². The van der Waals surface area contributed by atoms with Crippen LogP contribution in [-0.2, 0) is 4.79 Å². The van der Waals surface area contributed by atoms with Crippen molar-refractivity contribution in [2.45, 2.75) is 13.1 Å². The third kappa shape index (κ3) is 4.41. The lowest BCUT2D eigenvalue weighted by Crippen LogP contribution is -2.21. The van der Waals surface area contributed by atoms with Crippen LogP contribution in [0.25, 0.3) is 11.0 Å². The van der Waals surface area contributed by atoms with Crippen LogP contribution in [0.2, 0.25) is 0 Å². The number of nitrogen functional groups attached to an aromatic ring is 1. The molecule has 0 bridgehead atoms. The number of benzene rings is 1. The fourth-order valence-electron chi connectivity index (χ4n) is 1.14. The van der Waals surface area contributed by atoms with Gasteiger partial charge in [0, 0.05) is 0 Å². The van der Waals surface area contributed by atoms with E-state index in [1.54, 1.807) is 6.20 Å². The minimum absolute atomic E-state index is 0.466. The van der Waals surface area contributed by atoms with Gasteiger partial charge in [0.05, 0.1) is 17.2 Å². The summed E-state index contributed by atoms with van der Waals surface area (Å²) in [7, 11) is 0. The molecule has 102 valence electrons. The molecule has 0 spiro atoms. The fourth-order valence-corrected chi connectivity index (χ4v) is 1.14. The lowest BCUT2D eigenvalue weighted by atomic mass is 10.2. The van der Waals surface area contributed by atoms with Gasteiger partial charge < -0.3 is 10.8 Å². The van der Waals surface area contributed by atoms with Crippen LogP contribution >= 0.6 is 0 Å². The second kappa shape index (κ2) is 5.51. The summed E-state index contributed by atoms with van der Waals surface area (Å²) in [4.78, 5) is 17.2. The van der Waals surface area contributed by atoms with E-state index in [4.69, 9.17) is 15.6 Å². The van der Waals surface area contributed by atoms with E-state index in [1.807, 2.05) is 25.1 Å². The third-order valence-electron chi connectivity index (χ3n) is 1.96. The zero-order valence-corrected chi connectivity index (χ0v) is 9.77. The van der Waals surface area contributed by atoms with Crippen LogP contribution in [0.4, 0.5) is 19.0 Å². The number of halogens is 3. The van der Waals surface area contributed by atoms with Gasteiger partial charge in [-0.15, -0.1) is 0 Å². The van der Waals surface area contributed by atoms with E-state index in [0.29, 0.717) is 5.82 Å². The van der Waals surface area contributed by atoms with Gasteiger partial charge in [-0.2, -0.15) is 13.2 Å². The van der Waals surface area contributed by atoms with Crippen molar-refractivity contribution >= 4 is 22.8 Å². The molecule has 2 rings (SSSR count). The number of aromatic nitrogens is 2. The number of hydrogen-bond donors (Lipinski definition) is 2. The first kappa shape index (κ1) is 14.7. The molecular formula is C11H10F3N3O2. The predicted octanol–water partition coefficient (Wildman–Crippen LogP) is 2.15. The van der Waals surface area contributed by atoms with Gasteiger partial charge in [0.15, 0.2) is 0 Å². The molecule has 19 heavy (non-hydrogen) atoms. The Kier molecular flexibility index (Phi) is 4.26. The van der Waals surface area contributed by atoms with Crippen molar-refractivity contribution in [3.8, 4) is 0 Å². The molecule has 0 saturated carbocycles. The Morgan fingerprint density at radius 1 is 1.32 bits per heavy atom. The predicted molar refractivity (Wildman–Crippen MR) is 62.4 cm³/mol. The smallest absolute Gasteiger partial charge is 0.475 e. The molecule has 0 saturated heterocycles. The highest BCUT2D eigenvalue weighted by Crippen LogP contribution is 2.13. The number of nitrogens with zero attached hydrogens (tertiary/aromatic N) is 2. The van der Waals surface area contributed by atoms with Gasteiger partial charge in [0.25, 0.3) is 0 Å². The molecule has 0 aliphatic heterocycles. The summed E-state index contributed by atoms with van der Waals surface area (Å²) in [6, 6.07) is 5.92. The molecule has 1 heterocycles. The lowest BCUT2D eigenvalue weighted by Gasteiger charge is -1.98. The number of carboxylic acid groups (broad SMARTS) is 1. The van der Waals surface area contributed by atoms with Crippen LogP contribution in [0.1, 0.15) is 5.56 Å². The number of aliphatic carboxylic acids is 1. The summed E-state index contributed by atoms with van der Waals surface area (Å²) in [6.45, 7) is 2.02. The maximum absolute atomic E-state index is 10.6. The molecule has 3 N–H and O–H groups in total. The first-order valence-electron chi connectivity index (χ1n) is 4.99. The Morgan fingerprint density at radius 2 is 1.89 bits per heavy atom. The van der Waals surface area contributed by atoms with Crippen molar-refractivity contribution in [2.24, 2.45) is 0 Å². The van der Waals surface area contributed by atoms with E-state index in [9.17, 15) is 13.2 Å². The number of hydrogen-bond acceptors (Lipinski definition) is 4. The molecule has 0 atom stereocenters. The fraction of sp³-hybridized carbons (Fsp3) is 0.182. The lowest BCUT2D eigenvalue weighted by molar-refractivity contribution is -0.192. The highest BCUT2D eigenvalue weighted by atomic mass is 19.4. The van der Waals surface area contributed by atoms with Gasteiger partial charge in [-0.05, 0) is 24.6 Å². The summed E-state index contributed by atoms with van der Waals surface area (Å²) >= 11 is 0. The number of alkyl halides is 3. The van der Waals surface area contributed by atoms with Gasteiger partial charge in [0.1, 0.15) is 5.82 Å². The first-order valence-corrected chi connectivity index (χ1v) is 4.99. The molecule has 0 amide bonds. The number of anilines is 1. The van der Waals surface area contributed by atoms with E-state index in [1.165, 1.54) is 5.56 Å². The monoisotopic (exact) mass is 273 g/mol. The van der Waals surface area contributed by atoms with Crippen molar-refractivity contribution in [3.63, 3.8) is 0 Å². The quantitative estimate of drug-likeness (QED) is 0.767. The van der Waals surface area contributed by atoms with Crippen LogP contribution in [0, 0.1) is 6.92 Å². The molecule has 0 radical (unpaired) electrons. The molecule has 0 unspecified atom stereocenters. The second-order valence-corrected chi connectivity index (χ2v) is 3.59. The topological polar surface area (TPSA) is 89.1 Å². The van der Waals surface area contributed by atoms with Crippen molar-refractivity contribution in [1.29, 1.82) is 0 Å². The van der Waals surface area contributed by atoms with E-state index < -0.39 is 12.1 Å². The van der Waals surface area contributed by atoms with Gasteiger partial charge in [-0.3, -0.25) is 4.98 Å². The number of fused-ring (bicyclic) bond motifs is 1. The van der Waals surface area contributed by atoms with Gasteiger partial charge in [-0.25, -0.2) is 9.78 Å². The van der Waals surface area contributed by atoms with Crippen LogP contribution < -0.4 is 5.73 Å². The van der Waals surface area contributed by atoms with E-state index in [-0.39, 0.29) is 0 Å². The Morgan fingerprint density at radius 3 is 2.42 bits per heavy atom. The Labute approximate surface area is 105 Å². The summed E-state index contributed by atoms with van der Waals surface area (Å²) in [5.41, 5.74) is 8.41. The summed E-state index contributed by atoms with van der Waals surface area (Å²) < 4.78 is 31.7. The number of carbonyl (C=O) groups is 1. The van der Waals surface area contributed by atoms with Crippen molar-refractivity contribution in [2.75, 3.05) is 5.73 Å². The zero-order valence-electron chi connectivity index (χ0n) is 9.77. The van der Waals surface area contributed by atoms with Crippen LogP contribution in [0.5, 0.6) is 0 Å². The Hall–Kier alpha value is -2.38. The Balaban J connectivity index is 0.000000224. The molecular weight excluding hydrogens is 263 g/mol. The van der Waals surface area contributed by atoms with E-state index in [2.05, 4.69) is 9.97 Å². The molecule has 0 aliphatic carbocycles. The molecule has 0 aliphatic rings. The number of nitrogens with two attached hydrogens (primary N) is 1. The standard InChI is InChI=1S/C9H9N3.C2HF3O2/c1-6-2-3-7-8(4-6)12-9(10)5-11-7;3-2(4,5)1(6)7/h2-5H,1H3,(H2,10,12);(H,6,7). The maximum Gasteiger partial charge on any atom is 0.490 e. The molecule has 5 nitrogen and oxygen atoms in total. The third-order valence-corrected chi connectivity index (χ3v) is 1.96. The highest BCUT2D eigenvalue weighted by Gasteiger charge is 2.38. The number of aryl methyl sites for hydroxylation is 1. The minimum atomic E-state index is -5.08. The van der Waals surface area contributed by atoms with Crippen LogP contribution in [0.3, 0.4) is 0 Å².